The summed E-state index contributed by atoms with van der Waals surface area (Å²) in [4.78, 5) is 37.0. The maximum atomic E-state index is 12.5. The van der Waals surface area contributed by atoms with Crippen LogP contribution in [0.15, 0.2) is 54.6 Å². The summed E-state index contributed by atoms with van der Waals surface area (Å²) in [7, 11) is 0. The highest BCUT2D eigenvalue weighted by Gasteiger charge is 2.30. The molecule has 0 unspecified atom stereocenters. The largest absolute Gasteiger partial charge is 0.454 e. The summed E-state index contributed by atoms with van der Waals surface area (Å²) < 4.78 is 42.4. The average Bonchev–Trinajstić information content (AvgIpc) is 2.74. The van der Waals surface area contributed by atoms with Gasteiger partial charge in [-0.25, -0.2) is 0 Å². The third kappa shape index (κ3) is 6.34. The average molecular weight is 419 g/mol. The minimum Gasteiger partial charge on any atom is -0.454 e. The molecule has 0 atom stereocenters. The quantitative estimate of drug-likeness (QED) is 0.549. The van der Waals surface area contributed by atoms with Gasteiger partial charge in [0.2, 0.25) is 0 Å². The molecule has 0 radical (unpaired) electrons. The Morgan fingerprint density at radius 2 is 1.67 bits per heavy atom. The van der Waals surface area contributed by atoms with E-state index in [0.717, 1.165) is 29.2 Å². The van der Waals surface area contributed by atoms with Crippen LogP contribution in [0.5, 0.6) is 0 Å². The lowest BCUT2D eigenvalue weighted by Crippen LogP contribution is -2.37. The van der Waals surface area contributed by atoms with Gasteiger partial charge in [0.25, 0.3) is 11.8 Å². The van der Waals surface area contributed by atoms with E-state index < -0.39 is 42.7 Å². The molecule has 0 heterocycles. The number of nitrogens with zero attached hydrogens (tertiary/aromatic N) is 2. The number of ether oxygens (including phenoxy) is 1. The van der Waals surface area contributed by atoms with Crippen molar-refractivity contribution in [2.75, 3.05) is 24.6 Å². The van der Waals surface area contributed by atoms with Gasteiger partial charge in [-0.3, -0.25) is 19.3 Å². The lowest BCUT2D eigenvalue weighted by atomic mass is 10.1. The number of hydrogen-bond acceptors (Lipinski definition) is 5. The van der Waals surface area contributed by atoms with Gasteiger partial charge in [-0.15, -0.1) is 0 Å². The number of rotatable bonds is 7. The zero-order valence-electron chi connectivity index (χ0n) is 15.5. The van der Waals surface area contributed by atoms with Crippen LogP contribution in [0.4, 0.5) is 18.9 Å². The van der Waals surface area contributed by atoms with Crippen molar-refractivity contribution in [2.24, 2.45) is 0 Å². The Kier molecular flexibility index (Phi) is 7.52. The molecule has 0 aromatic heterocycles. The number of hydrogen-bond donors (Lipinski definition) is 1. The van der Waals surface area contributed by atoms with Gasteiger partial charge in [0.05, 0.1) is 11.6 Å². The Bertz CT molecular complexity index is 939. The molecule has 0 spiro atoms. The highest BCUT2D eigenvalue weighted by atomic mass is 19.4. The van der Waals surface area contributed by atoms with E-state index in [1.807, 2.05) is 6.07 Å². The van der Waals surface area contributed by atoms with Gasteiger partial charge in [-0.05, 0) is 36.4 Å². The van der Waals surface area contributed by atoms with Crippen molar-refractivity contribution in [3.63, 3.8) is 0 Å². The Labute approximate surface area is 169 Å². The maximum Gasteiger partial charge on any atom is 0.416 e. The van der Waals surface area contributed by atoms with E-state index in [4.69, 9.17) is 10.00 Å². The minimum absolute atomic E-state index is 0.0730. The second kappa shape index (κ2) is 10.1. The van der Waals surface area contributed by atoms with Crippen LogP contribution in [0.3, 0.4) is 0 Å². The van der Waals surface area contributed by atoms with Crippen molar-refractivity contribution < 1.29 is 32.3 Å². The first-order valence-corrected chi connectivity index (χ1v) is 8.56. The van der Waals surface area contributed by atoms with Crippen molar-refractivity contribution in [3.05, 3.63) is 65.7 Å². The predicted molar refractivity (Wildman–Crippen MR) is 99.1 cm³/mol. The SMILES string of the molecule is N#CCN(C(=O)COC(=O)CNC(=O)c1ccc(C(F)(F)F)cc1)c1ccccc1. The fourth-order valence-electron chi connectivity index (χ4n) is 2.34. The molecule has 2 amide bonds. The van der Waals surface area contributed by atoms with Crippen molar-refractivity contribution in [3.8, 4) is 6.07 Å². The number of carbonyl (C=O) groups is 3. The second-order valence-electron chi connectivity index (χ2n) is 5.89. The minimum atomic E-state index is -4.52. The smallest absolute Gasteiger partial charge is 0.416 e. The summed E-state index contributed by atoms with van der Waals surface area (Å²) in [5.74, 6) is -2.33. The summed E-state index contributed by atoms with van der Waals surface area (Å²) in [5, 5.41) is 11.1. The first kappa shape index (κ1) is 22.4. The Morgan fingerprint density at radius 3 is 2.23 bits per heavy atom. The summed E-state index contributed by atoms with van der Waals surface area (Å²) >= 11 is 0. The molecular formula is C20H16F3N3O4. The number of nitriles is 1. The topological polar surface area (TPSA) is 99.5 Å². The first-order valence-electron chi connectivity index (χ1n) is 8.56. The summed E-state index contributed by atoms with van der Waals surface area (Å²) in [5.41, 5.74) is -0.524. The first-order chi connectivity index (χ1) is 14.2. The Balaban J connectivity index is 1.84. The van der Waals surface area contributed by atoms with E-state index in [2.05, 4.69) is 5.32 Å². The second-order valence-corrected chi connectivity index (χ2v) is 5.89. The molecule has 156 valence electrons. The van der Waals surface area contributed by atoms with Crippen molar-refractivity contribution in [1.82, 2.24) is 5.32 Å². The van der Waals surface area contributed by atoms with Crippen LogP contribution in [-0.4, -0.2) is 37.5 Å². The van der Waals surface area contributed by atoms with E-state index in [1.165, 1.54) is 0 Å². The number of benzene rings is 2. The van der Waals surface area contributed by atoms with Gasteiger partial charge < -0.3 is 10.1 Å². The number of halogens is 3. The fraction of sp³-hybridized carbons (Fsp3) is 0.200. The van der Waals surface area contributed by atoms with Crippen LogP contribution in [-0.2, 0) is 20.5 Å². The van der Waals surface area contributed by atoms with Gasteiger partial charge in [0, 0.05) is 11.3 Å². The van der Waals surface area contributed by atoms with E-state index in [-0.39, 0.29) is 12.1 Å². The maximum absolute atomic E-state index is 12.5. The predicted octanol–water partition coefficient (Wildman–Crippen LogP) is 2.54. The molecule has 0 bridgehead atoms. The van der Waals surface area contributed by atoms with Crippen LogP contribution in [0.2, 0.25) is 0 Å². The molecule has 1 N–H and O–H groups in total. The number of carbonyl (C=O) groups excluding carboxylic acids is 3. The molecule has 0 aliphatic rings. The number of para-hydroxylation sites is 1. The third-order valence-electron chi connectivity index (χ3n) is 3.82. The number of nitrogens with one attached hydrogen (secondary N) is 1. The molecule has 0 fully saturated rings. The summed E-state index contributed by atoms with van der Waals surface area (Å²) in [6.07, 6.45) is -4.52. The van der Waals surface area contributed by atoms with Gasteiger partial charge in [-0.2, -0.15) is 18.4 Å². The van der Waals surface area contributed by atoms with Gasteiger partial charge in [0.1, 0.15) is 13.1 Å². The van der Waals surface area contributed by atoms with Crippen molar-refractivity contribution >= 4 is 23.5 Å². The highest BCUT2D eigenvalue weighted by Crippen LogP contribution is 2.29. The monoisotopic (exact) mass is 419 g/mol. The molecule has 0 saturated carbocycles. The molecule has 2 aromatic rings. The van der Waals surface area contributed by atoms with Crippen molar-refractivity contribution in [2.45, 2.75) is 6.18 Å². The standard InChI is InChI=1S/C20H16F3N3O4/c21-20(22,23)15-8-6-14(7-9-15)19(29)25-12-18(28)30-13-17(27)26(11-10-24)16-4-2-1-3-5-16/h1-9H,11-13H2,(H,25,29). The fourth-order valence-corrected chi connectivity index (χ4v) is 2.34. The summed E-state index contributed by atoms with van der Waals surface area (Å²) in [6, 6.07) is 13.6. The van der Waals surface area contributed by atoms with Crippen LogP contribution in [0.1, 0.15) is 15.9 Å². The van der Waals surface area contributed by atoms with E-state index >= 15 is 0 Å². The van der Waals surface area contributed by atoms with Crippen LogP contribution in [0.25, 0.3) is 0 Å². The highest BCUT2D eigenvalue weighted by molar-refractivity contribution is 5.97. The number of amides is 2. The molecule has 0 saturated heterocycles. The van der Waals surface area contributed by atoms with Gasteiger partial charge >= 0.3 is 12.1 Å². The zero-order valence-corrected chi connectivity index (χ0v) is 15.5. The normalized spacial score (nSPS) is 10.6. The van der Waals surface area contributed by atoms with Crippen LogP contribution < -0.4 is 10.2 Å². The molecule has 0 aliphatic heterocycles. The van der Waals surface area contributed by atoms with E-state index in [0.29, 0.717) is 5.69 Å². The number of anilines is 1. The Hall–Kier alpha value is -3.87. The molecular weight excluding hydrogens is 403 g/mol. The van der Waals surface area contributed by atoms with Gasteiger partial charge in [0.15, 0.2) is 6.61 Å². The van der Waals surface area contributed by atoms with Crippen LogP contribution in [0, 0.1) is 11.3 Å². The third-order valence-corrected chi connectivity index (χ3v) is 3.82. The molecule has 30 heavy (non-hydrogen) atoms. The Morgan fingerprint density at radius 1 is 1.03 bits per heavy atom. The lowest BCUT2D eigenvalue weighted by Gasteiger charge is -2.19. The molecule has 7 nitrogen and oxygen atoms in total. The summed E-state index contributed by atoms with van der Waals surface area (Å²) in [6.45, 7) is -1.48. The number of alkyl halides is 3. The molecule has 0 aliphatic carbocycles. The molecule has 2 aromatic carbocycles. The van der Waals surface area contributed by atoms with E-state index in [1.54, 1.807) is 30.3 Å². The van der Waals surface area contributed by atoms with Crippen LogP contribution >= 0.6 is 0 Å². The van der Waals surface area contributed by atoms with E-state index in [9.17, 15) is 27.6 Å². The molecule has 10 heteroatoms. The van der Waals surface area contributed by atoms with Crippen molar-refractivity contribution in [1.29, 1.82) is 5.26 Å². The number of esters is 1. The lowest BCUT2D eigenvalue weighted by molar-refractivity contribution is -0.146. The van der Waals surface area contributed by atoms with Gasteiger partial charge in [-0.1, -0.05) is 18.2 Å². The molecule has 2 rings (SSSR count). The zero-order chi connectivity index (χ0) is 22.1.